The fraction of sp³-hybridized carbons (Fsp3) is 0.200. The second-order valence-corrected chi connectivity index (χ2v) is 5.99. The van der Waals surface area contributed by atoms with Crippen molar-refractivity contribution in [3.63, 3.8) is 0 Å². The molecule has 0 saturated heterocycles. The molecule has 0 atom stereocenters. The van der Waals surface area contributed by atoms with Crippen molar-refractivity contribution in [3.05, 3.63) is 45.3 Å². The van der Waals surface area contributed by atoms with Gasteiger partial charge in [0, 0.05) is 17.6 Å². The third-order valence-corrected chi connectivity index (χ3v) is 4.77. The molecule has 0 N–H and O–H groups in total. The minimum absolute atomic E-state index is 0. The molecule has 2 aliphatic carbocycles. The van der Waals surface area contributed by atoms with Crippen LogP contribution in [-0.2, 0) is 0 Å². The van der Waals surface area contributed by atoms with E-state index in [-0.39, 0.29) is 33.0 Å². The third-order valence-electron chi connectivity index (χ3n) is 1.86. The van der Waals surface area contributed by atoms with Crippen LogP contribution in [0, 0.1) is 0 Å². The summed E-state index contributed by atoms with van der Waals surface area (Å²) in [6.07, 6.45) is 15.9. The van der Waals surface area contributed by atoms with Crippen molar-refractivity contribution in [1.29, 1.82) is 0 Å². The Morgan fingerprint density at radius 3 is 1.75 bits per heavy atom. The van der Waals surface area contributed by atoms with Crippen LogP contribution in [0.4, 0.5) is 0 Å². The molecule has 0 aliphatic heterocycles. The first-order valence-corrected chi connectivity index (χ1v) is 6.03. The molecule has 0 aromatic carbocycles. The average molecular weight is 275 g/mol. The Labute approximate surface area is 90.9 Å². The molecule has 2 heteroatoms. The first-order chi connectivity index (χ1) is 5.45. The van der Waals surface area contributed by atoms with Gasteiger partial charge in [-0.25, -0.2) is 0 Å². The number of hydrogen-bond donors (Lipinski definition) is 0. The number of rotatable bonds is 2. The molecule has 0 aromatic rings. The standard InChI is InChI=1S/C10H10Ge.Ge/c1-2-6-9(5-1)11-10-7-3-4-8-10;/h1-5,7H,6,8H2;. The summed E-state index contributed by atoms with van der Waals surface area (Å²) < 4.78 is 3.36. The fourth-order valence-corrected chi connectivity index (χ4v) is 3.83. The van der Waals surface area contributed by atoms with Gasteiger partial charge in [-0.15, -0.1) is 0 Å². The van der Waals surface area contributed by atoms with E-state index >= 15 is 0 Å². The summed E-state index contributed by atoms with van der Waals surface area (Å²) in [5, 5.41) is 0. The molecule has 0 spiro atoms. The van der Waals surface area contributed by atoms with Crippen LogP contribution in [0.5, 0.6) is 0 Å². The smallest absolute Gasteiger partial charge is 0 e. The Hall–Kier alpha value is 0.0457. The first kappa shape index (κ1) is 10.1. The second-order valence-electron chi connectivity index (χ2n) is 2.77. The predicted molar refractivity (Wildman–Crippen MR) is 55.2 cm³/mol. The molecule has 0 nitrogen and oxygen atoms in total. The van der Waals surface area contributed by atoms with Gasteiger partial charge in [0.05, 0.1) is 0 Å². The predicted octanol–water partition coefficient (Wildman–Crippen LogP) is 2.00. The van der Waals surface area contributed by atoms with Crippen molar-refractivity contribution in [3.8, 4) is 0 Å². The molecule has 0 heterocycles. The van der Waals surface area contributed by atoms with Crippen LogP contribution in [0.2, 0.25) is 0 Å². The third kappa shape index (κ3) is 2.52. The molecule has 0 aromatic heterocycles. The molecule has 0 amide bonds. The summed E-state index contributed by atoms with van der Waals surface area (Å²) in [7, 11) is 0. The van der Waals surface area contributed by atoms with Gasteiger partial charge in [0.1, 0.15) is 0 Å². The Morgan fingerprint density at radius 1 is 0.917 bits per heavy atom. The van der Waals surface area contributed by atoms with Crippen LogP contribution in [0.15, 0.2) is 45.3 Å². The average Bonchev–Trinajstić information content (AvgIpc) is 2.60. The molecule has 0 unspecified atom stereocenters. The maximum atomic E-state index is 2.29. The molecular formula is C10H10Ge2. The van der Waals surface area contributed by atoms with E-state index < -0.39 is 0 Å². The van der Waals surface area contributed by atoms with Gasteiger partial charge < -0.3 is 0 Å². The molecule has 0 bridgehead atoms. The maximum absolute atomic E-state index is 2.29. The van der Waals surface area contributed by atoms with Crippen molar-refractivity contribution < 1.29 is 0 Å². The summed E-state index contributed by atoms with van der Waals surface area (Å²) in [4.78, 5) is 0. The van der Waals surface area contributed by atoms with E-state index in [1.54, 1.807) is 8.81 Å². The summed E-state index contributed by atoms with van der Waals surface area (Å²) in [5.41, 5.74) is 0. The first-order valence-electron chi connectivity index (χ1n) is 3.93. The van der Waals surface area contributed by atoms with Crippen molar-refractivity contribution in [2.24, 2.45) is 0 Å². The van der Waals surface area contributed by atoms with Crippen LogP contribution < -0.4 is 0 Å². The zero-order chi connectivity index (χ0) is 7.52. The van der Waals surface area contributed by atoms with E-state index in [4.69, 9.17) is 0 Å². The van der Waals surface area contributed by atoms with E-state index in [1.807, 2.05) is 0 Å². The van der Waals surface area contributed by atoms with Crippen LogP contribution in [0.25, 0.3) is 0 Å². The molecule has 0 saturated carbocycles. The number of hydrogen-bond acceptors (Lipinski definition) is 0. The Kier molecular flexibility index (Phi) is 4.16. The van der Waals surface area contributed by atoms with Gasteiger partial charge in [0.25, 0.3) is 0 Å². The topological polar surface area (TPSA) is 0 Å². The Balaban J connectivity index is 0.000000720. The molecular weight excluding hydrogens is 265 g/mol. The summed E-state index contributed by atoms with van der Waals surface area (Å²) in [6.45, 7) is 0. The summed E-state index contributed by atoms with van der Waals surface area (Å²) in [5.74, 6) is 0. The minimum Gasteiger partial charge on any atom is 0 e. The number of allylic oxidation sites excluding steroid dienone is 8. The van der Waals surface area contributed by atoms with Gasteiger partial charge in [-0.1, -0.05) is 0 Å². The van der Waals surface area contributed by atoms with Gasteiger partial charge >= 0.3 is 73.5 Å². The molecule has 12 heavy (non-hydrogen) atoms. The van der Waals surface area contributed by atoms with Crippen LogP contribution >= 0.6 is 0 Å². The van der Waals surface area contributed by atoms with Crippen LogP contribution in [-0.4, -0.2) is 33.0 Å². The molecule has 6 radical (unpaired) electrons. The maximum Gasteiger partial charge on any atom is 0 e. The van der Waals surface area contributed by atoms with Crippen LogP contribution in [0.1, 0.15) is 12.8 Å². The zero-order valence-electron chi connectivity index (χ0n) is 6.88. The van der Waals surface area contributed by atoms with Gasteiger partial charge in [0.2, 0.25) is 0 Å². The quantitative estimate of drug-likeness (QED) is 0.676. The van der Waals surface area contributed by atoms with Crippen molar-refractivity contribution in [2.45, 2.75) is 12.8 Å². The monoisotopic (exact) mass is 278 g/mol. The Bertz CT molecular complexity index is 242. The molecule has 2 rings (SSSR count). The van der Waals surface area contributed by atoms with Gasteiger partial charge in [-0.05, 0) is 0 Å². The van der Waals surface area contributed by atoms with E-state index in [0.717, 1.165) is 0 Å². The van der Waals surface area contributed by atoms with E-state index in [1.165, 1.54) is 12.8 Å². The van der Waals surface area contributed by atoms with E-state index in [0.29, 0.717) is 0 Å². The SMILES string of the molecule is C1=CC[C]([Ge][C]2=CC=CC2)=C1.[Ge]. The zero-order valence-corrected chi connectivity index (χ0v) is 11.1. The summed E-state index contributed by atoms with van der Waals surface area (Å²) >= 11 is 0.0833. The van der Waals surface area contributed by atoms with Crippen molar-refractivity contribution >= 4 is 33.0 Å². The minimum atomic E-state index is 0. The van der Waals surface area contributed by atoms with E-state index in [9.17, 15) is 0 Å². The van der Waals surface area contributed by atoms with Gasteiger partial charge in [0.15, 0.2) is 0 Å². The van der Waals surface area contributed by atoms with Crippen molar-refractivity contribution in [1.82, 2.24) is 0 Å². The summed E-state index contributed by atoms with van der Waals surface area (Å²) in [6, 6.07) is 0. The molecule has 0 fully saturated rings. The van der Waals surface area contributed by atoms with E-state index in [2.05, 4.69) is 36.5 Å². The normalized spacial score (nSPS) is 19.0. The fourth-order valence-electron chi connectivity index (χ4n) is 1.29. The Morgan fingerprint density at radius 2 is 1.42 bits per heavy atom. The second kappa shape index (κ2) is 4.92. The van der Waals surface area contributed by atoms with Gasteiger partial charge in [-0.3, -0.25) is 0 Å². The molecule has 2 aliphatic rings. The van der Waals surface area contributed by atoms with Crippen LogP contribution in [0.3, 0.4) is 0 Å². The van der Waals surface area contributed by atoms with Crippen molar-refractivity contribution in [2.75, 3.05) is 0 Å². The van der Waals surface area contributed by atoms with Gasteiger partial charge in [-0.2, -0.15) is 0 Å². The molecule has 58 valence electrons. The largest absolute Gasteiger partial charge is 0 e.